The number of carbonyl (C=O) groups excluding carboxylic acids is 1. The number of hydrogen-bond acceptors (Lipinski definition) is 3. The highest BCUT2D eigenvalue weighted by Gasteiger charge is 2.35. The quantitative estimate of drug-likeness (QED) is 0.871. The van der Waals surface area contributed by atoms with Crippen LogP contribution >= 0.6 is 0 Å². The number of nitrogens with zero attached hydrogens (tertiary/aromatic N) is 3. The van der Waals surface area contributed by atoms with E-state index in [1.807, 2.05) is 23.1 Å². The van der Waals surface area contributed by atoms with Gasteiger partial charge in [0.05, 0.1) is 11.6 Å². The van der Waals surface area contributed by atoms with E-state index in [0.717, 1.165) is 24.8 Å². The van der Waals surface area contributed by atoms with Crippen molar-refractivity contribution in [2.75, 3.05) is 6.54 Å². The SMILES string of the molecule is O=C(Cn1ncc2ccccc2c1=O)N1CCC[C@@H]1C1CCCC1. The maximum Gasteiger partial charge on any atom is 0.275 e. The minimum atomic E-state index is -0.182. The van der Waals surface area contributed by atoms with E-state index in [4.69, 9.17) is 0 Å². The van der Waals surface area contributed by atoms with Crippen LogP contribution in [0.5, 0.6) is 0 Å². The van der Waals surface area contributed by atoms with Crippen molar-refractivity contribution < 1.29 is 4.79 Å². The predicted octanol–water partition coefficient (Wildman–Crippen LogP) is 2.58. The van der Waals surface area contributed by atoms with Gasteiger partial charge >= 0.3 is 0 Å². The maximum absolute atomic E-state index is 12.8. The average Bonchev–Trinajstić information content (AvgIpc) is 3.28. The lowest BCUT2D eigenvalue weighted by atomic mass is 9.96. The monoisotopic (exact) mass is 325 g/mol. The Labute approximate surface area is 141 Å². The van der Waals surface area contributed by atoms with Crippen molar-refractivity contribution in [3.05, 3.63) is 40.8 Å². The smallest absolute Gasteiger partial charge is 0.275 e. The molecule has 1 saturated heterocycles. The summed E-state index contributed by atoms with van der Waals surface area (Å²) in [5.74, 6) is 0.687. The van der Waals surface area contributed by atoms with Crippen LogP contribution in [0, 0.1) is 5.92 Å². The first-order valence-corrected chi connectivity index (χ1v) is 8.98. The molecule has 1 atom stereocenters. The van der Waals surface area contributed by atoms with Gasteiger partial charge in [-0.1, -0.05) is 31.0 Å². The van der Waals surface area contributed by atoms with E-state index in [1.54, 1.807) is 12.3 Å². The molecule has 1 amide bonds. The average molecular weight is 325 g/mol. The van der Waals surface area contributed by atoms with E-state index < -0.39 is 0 Å². The van der Waals surface area contributed by atoms with Crippen molar-refractivity contribution in [3.8, 4) is 0 Å². The molecule has 0 bridgehead atoms. The largest absolute Gasteiger partial charge is 0.338 e. The predicted molar refractivity (Wildman–Crippen MR) is 92.7 cm³/mol. The summed E-state index contributed by atoms with van der Waals surface area (Å²) < 4.78 is 1.31. The lowest BCUT2D eigenvalue weighted by Gasteiger charge is -2.29. The molecule has 1 aromatic carbocycles. The van der Waals surface area contributed by atoms with Gasteiger partial charge in [-0.25, -0.2) is 4.68 Å². The summed E-state index contributed by atoms with van der Waals surface area (Å²) >= 11 is 0. The van der Waals surface area contributed by atoms with Gasteiger partial charge in [0, 0.05) is 18.0 Å². The first-order valence-electron chi connectivity index (χ1n) is 8.98. The van der Waals surface area contributed by atoms with Crippen molar-refractivity contribution in [2.24, 2.45) is 5.92 Å². The third-order valence-electron chi connectivity index (χ3n) is 5.61. The minimum Gasteiger partial charge on any atom is -0.338 e. The second-order valence-corrected chi connectivity index (χ2v) is 7.04. The second-order valence-electron chi connectivity index (χ2n) is 7.04. The summed E-state index contributed by atoms with van der Waals surface area (Å²) in [5, 5.41) is 5.63. The van der Waals surface area contributed by atoms with Crippen molar-refractivity contribution in [2.45, 2.75) is 51.1 Å². The Kier molecular flexibility index (Phi) is 4.08. The van der Waals surface area contributed by atoms with Crippen LogP contribution in [0.3, 0.4) is 0 Å². The third-order valence-corrected chi connectivity index (χ3v) is 5.61. The van der Waals surface area contributed by atoms with Gasteiger partial charge in [0.1, 0.15) is 6.54 Å². The fourth-order valence-electron chi connectivity index (χ4n) is 4.39. The molecule has 2 aromatic rings. The van der Waals surface area contributed by atoms with Crippen LogP contribution in [0.1, 0.15) is 38.5 Å². The zero-order valence-corrected chi connectivity index (χ0v) is 13.9. The highest BCUT2D eigenvalue weighted by Crippen LogP contribution is 2.35. The van der Waals surface area contributed by atoms with Crippen LogP contribution in [0.15, 0.2) is 35.3 Å². The van der Waals surface area contributed by atoms with Crippen molar-refractivity contribution in [1.29, 1.82) is 0 Å². The minimum absolute atomic E-state index is 0.0364. The number of aromatic nitrogens is 2. The van der Waals surface area contributed by atoms with Crippen LogP contribution < -0.4 is 5.56 Å². The Bertz CT molecular complexity index is 808. The van der Waals surface area contributed by atoms with Crippen LogP contribution in [-0.4, -0.2) is 33.2 Å². The van der Waals surface area contributed by atoms with Gasteiger partial charge in [0.15, 0.2) is 0 Å². The molecule has 1 saturated carbocycles. The second kappa shape index (κ2) is 6.38. The third kappa shape index (κ3) is 2.72. The molecule has 1 aliphatic heterocycles. The fourth-order valence-corrected chi connectivity index (χ4v) is 4.39. The zero-order chi connectivity index (χ0) is 16.5. The molecule has 1 aliphatic carbocycles. The van der Waals surface area contributed by atoms with E-state index >= 15 is 0 Å². The summed E-state index contributed by atoms with van der Waals surface area (Å²) in [6.45, 7) is 0.870. The molecule has 24 heavy (non-hydrogen) atoms. The van der Waals surface area contributed by atoms with Gasteiger partial charge in [-0.2, -0.15) is 5.10 Å². The molecule has 2 fully saturated rings. The molecule has 2 heterocycles. The highest BCUT2D eigenvalue weighted by atomic mass is 16.2. The number of rotatable bonds is 3. The number of amides is 1. The molecule has 5 nitrogen and oxygen atoms in total. The van der Waals surface area contributed by atoms with Gasteiger partial charge in [-0.05, 0) is 37.7 Å². The number of fused-ring (bicyclic) bond motifs is 1. The summed E-state index contributed by atoms with van der Waals surface area (Å²) in [7, 11) is 0. The van der Waals surface area contributed by atoms with Crippen LogP contribution in [0.4, 0.5) is 0 Å². The Balaban J connectivity index is 1.55. The molecule has 0 radical (unpaired) electrons. The summed E-state index contributed by atoms with van der Waals surface area (Å²) in [4.78, 5) is 27.4. The first-order chi connectivity index (χ1) is 11.7. The molecule has 4 rings (SSSR count). The van der Waals surface area contributed by atoms with Gasteiger partial charge in [0.2, 0.25) is 5.91 Å². The van der Waals surface area contributed by atoms with Crippen LogP contribution in [0.25, 0.3) is 10.8 Å². The summed E-state index contributed by atoms with van der Waals surface area (Å²) in [6, 6.07) is 7.75. The van der Waals surface area contributed by atoms with E-state index in [1.165, 1.54) is 30.4 Å². The van der Waals surface area contributed by atoms with Gasteiger partial charge in [-0.15, -0.1) is 0 Å². The van der Waals surface area contributed by atoms with E-state index in [-0.39, 0.29) is 18.0 Å². The highest BCUT2D eigenvalue weighted by molar-refractivity contribution is 5.81. The Hall–Kier alpha value is -2.17. The van der Waals surface area contributed by atoms with Gasteiger partial charge in [-0.3, -0.25) is 9.59 Å². The number of hydrogen-bond donors (Lipinski definition) is 0. The van der Waals surface area contributed by atoms with E-state index in [0.29, 0.717) is 17.3 Å². The standard InChI is InChI=1S/C19H23N3O2/c23-18(21-11-5-10-17(21)14-6-1-2-7-14)13-22-19(24)16-9-4-3-8-15(16)12-20-22/h3-4,8-9,12,14,17H,1-2,5-7,10-11,13H2/t17-/m1/s1. The van der Waals surface area contributed by atoms with Crippen LogP contribution in [0.2, 0.25) is 0 Å². The summed E-state index contributed by atoms with van der Waals surface area (Å²) in [5.41, 5.74) is -0.182. The van der Waals surface area contributed by atoms with Crippen molar-refractivity contribution in [1.82, 2.24) is 14.7 Å². The molecule has 0 unspecified atom stereocenters. The Morgan fingerprint density at radius 1 is 1.12 bits per heavy atom. The number of likely N-dealkylation sites (tertiary alicyclic amines) is 1. The topological polar surface area (TPSA) is 55.2 Å². The number of carbonyl (C=O) groups is 1. The van der Waals surface area contributed by atoms with Crippen LogP contribution in [-0.2, 0) is 11.3 Å². The molecule has 5 heteroatoms. The fraction of sp³-hybridized carbons (Fsp3) is 0.526. The molecule has 2 aliphatic rings. The molecule has 1 aromatic heterocycles. The molecular weight excluding hydrogens is 302 g/mol. The van der Waals surface area contributed by atoms with E-state index in [2.05, 4.69) is 5.10 Å². The van der Waals surface area contributed by atoms with Crippen molar-refractivity contribution in [3.63, 3.8) is 0 Å². The zero-order valence-electron chi connectivity index (χ0n) is 13.9. The summed E-state index contributed by atoms with van der Waals surface area (Å²) in [6.07, 6.45) is 8.90. The van der Waals surface area contributed by atoms with Crippen molar-refractivity contribution >= 4 is 16.7 Å². The Morgan fingerprint density at radius 3 is 2.75 bits per heavy atom. The molecule has 0 N–H and O–H groups in total. The first kappa shape index (κ1) is 15.4. The lowest BCUT2D eigenvalue weighted by Crippen LogP contribution is -2.42. The van der Waals surface area contributed by atoms with E-state index in [9.17, 15) is 9.59 Å². The van der Waals surface area contributed by atoms with Gasteiger partial charge in [0.25, 0.3) is 5.56 Å². The molecular formula is C19H23N3O2. The maximum atomic E-state index is 12.8. The molecule has 126 valence electrons. The van der Waals surface area contributed by atoms with Gasteiger partial charge < -0.3 is 4.90 Å². The molecule has 0 spiro atoms. The Morgan fingerprint density at radius 2 is 1.92 bits per heavy atom. The number of benzene rings is 1. The normalized spacial score (nSPS) is 21.7. The lowest BCUT2D eigenvalue weighted by molar-refractivity contribution is -0.133.